The molecule has 0 bridgehead atoms. The van der Waals surface area contributed by atoms with Crippen LogP contribution in [0.3, 0.4) is 0 Å². The summed E-state index contributed by atoms with van der Waals surface area (Å²) in [6, 6.07) is 15.0. The van der Waals surface area contributed by atoms with Crippen LogP contribution < -0.4 is 10.6 Å². The topological polar surface area (TPSA) is 84.0 Å². The van der Waals surface area contributed by atoms with E-state index in [0.29, 0.717) is 22.3 Å². The lowest BCUT2D eigenvalue weighted by Crippen LogP contribution is -2.15. The number of hydrogen-bond donors (Lipinski definition) is 2. The number of halogens is 1. The highest BCUT2D eigenvalue weighted by Gasteiger charge is 2.15. The smallest absolute Gasteiger partial charge is 0.275 e. The number of rotatable bonds is 6. The molecule has 0 spiro atoms. The van der Waals surface area contributed by atoms with Crippen molar-refractivity contribution in [3.63, 3.8) is 0 Å². The van der Waals surface area contributed by atoms with E-state index in [-0.39, 0.29) is 16.6 Å². The van der Waals surface area contributed by atoms with Crippen molar-refractivity contribution in [3.05, 3.63) is 76.6 Å². The number of carbonyl (C=O) groups excluding carboxylic acids is 2. The number of aryl methyl sites for hydroxylation is 1. The van der Waals surface area contributed by atoms with Crippen molar-refractivity contribution in [1.82, 2.24) is 9.97 Å². The third kappa shape index (κ3) is 6.04. The lowest BCUT2D eigenvalue weighted by molar-refractivity contribution is -0.114. The van der Waals surface area contributed by atoms with Crippen molar-refractivity contribution in [2.75, 3.05) is 10.6 Å². The zero-order valence-corrected chi connectivity index (χ0v) is 17.5. The fourth-order valence-corrected chi connectivity index (χ4v) is 3.39. The van der Waals surface area contributed by atoms with Crippen molar-refractivity contribution < 1.29 is 9.59 Å². The molecule has 8 heteroatoms. The van der Waals surface area contributed by atoms with Crippen LogP contribution in [-0.2, 0) is 10.5 Å². The number of amides is 2. The highest BCUT2D eigenvalue weighted by Crippen LogP contribution is 2.23. The van der Waals surface area contributed by atoms with Gasteiger partial charge in [0.25, 0.3) is 5.91 Å². The predicted octanol–water partition coefficient (Wildman–Crippen LogP) is 4.94. The normalized spacial score (nSPS) is 10.4. The van der Waals surface area contributed by atoms with Crippen LogP contribution in [0.4, 0.5) is 11.4 Å². The molecule has 3 aromatic rings. The minimum atomic E-state index is -0.429. The summed E-state index contributed by atoms with van der Waals surface area (Å²) in [6.07, 6.45) is 1.43. The first-order valence-electron chi connectivity index (χ1n) is 8.80. The van der Waals surface area contributed by atoms with E-state index in [1.165, 1.54) is 30.4 Å². The zero-order chi connectivity index (χ0) is 20.8. The van der Waals surface area contributed by atoms with E-state index < -0.39 is 5.91 Å². The number of carbonyl (C=O) groups is 2. The molecule has 148 valence electrons. The molecule has 2 N–H and O–H groups in total. The summed E-state index contributed by atoms with van der Waals surface area (Å²) in [4.78, 5) is 32.2. The number of benzene rings is 2. The first-order valence-corrected chi connectivity index (χ1v) is 10.2. The van der Waals surface area contributed by atoms with Gasteiger partial charge in [-0.1, -0.05) is 53.2 Å². The van der Waals surface area contributed by atoms with Gasteiger partial charge < -0.3 is 10.6 Å². The quantitative estimate of drug-likeness (QED) is 0.430. The maximum absolute atomic E-state index is 12.6. The minimum Gasteiger partial charge on any atom is -0.326 e. The van der Waals surface area contributed by atoms with E-state index in [0.717, 1.165) is 5.56 Å². The summed E-state index contributed by atoms with van der Waals surface area (Å²) in [7, 11) is 0. The van der Waals surface area contributed by atoms with E-state index in [9.17, 15) is 9.59 Å². The Hall–Kier alpha value is -2.90. The molecule has 1 aromatic heterocycles. The second-order valence-electron chi connectivity index (χ2n) is 6.34. The fourth-order valence-electron chi connectivity index (χ4n) is 2.44. The second-order valence-corrected chi connectivity index (χ2v) is 7.69. The minimum absolute atomic E-state index is 0.110. The molecule has 0 saturated heterocycles. The SMILES string of the molecule is CC(=O)Nc1ccc(NC(=O)c2nc(SCc3ccc(C)cc3)ncc2Cl)cc1. The van der Waals surface area contributed by atoms with Gasteiger partial charge in [-0.2, -0.15) is 0 Å². The molecular formula is C21H19ClN4O2S. The lowest BCUT2D eigenvalue weighted by Gasteiger charge is -2.08. The summed E-state index contributed by atoms with van der Waals surface area (Å²) in [5, 5.41) is 6.07. The molecule has 3 rings (SSSR count). The molecule has 0 saturated carbocycles. The van der Waals surface area contributed by atoms with Gasteiger partial charge in [0.2, 0.25) is 5.91 Å². The highest BCUT2D eigenvalue weighted by molar-refractivity contribution is 7.98. The maximum atomic E-state index is 12.6. The monoisotopic (exact) mass is 426 g/mol. The Bertz CT molecular complexity index is 1020. The van der Waals surface area contributed by atoms with Gasteiger partial charge in [-0.15, -0.1) is 0 Å². The largest absolute Gasteiger partial charge is 0.326 e. The highest BCUT2D eigenvalue weighted by atomic mass is 35.5. The number of thioether (sulfide) groups is 1. The number of aromatic nitrogens is 2. The van der Waals surface area contributed by atoms with Gasteiger partial charge in [0.1, 0.15) is 0 Å². The first-order chi connectivity index (χ1) is 13.9. The van der Waals surface area contributed by atoms with Crippen molar-refractivity contribution >= 4 is 46.6 Å². The van der Waals surface area contributed by atoms with Crippen LogP contribution in [0.25, 0.3) is 0 Å². The van der Waals surface area contributed by atoms with E-state index in [1.54, 1.807) is 24.3 Å². The molecule has 0 fully saturated rings. The Labute approximate surface area is 178 Å². The van der Waals surface area contributed by atoms with Crippen LogP contribution in [0.15, 0.2) is 59.9 Å². The van der Waals surface area contributed by atoms with Crippen LogP contribution in [0.1, 0.15) is 28.5 Å². The van der Waals surface area contributed by atoms with E-state index in [2.05, 4.69) is 44.9 Å². The Morgan fingerprint density at radius 2 is 1.62 bits per heavy atom. The summed E-state index contributed by atoms with van der Waals surface area (Å²) in [6.45, 7) is 3.47. The van der Waals surface area contributed by atoms with Gasteiger partial charge >= 0.3 is 0 Å². The third-order valence-electron chi connectivity index (χ3n) is 3.89. The lowest BCUT2D eigenvalue weighted by atomic mass is 10.2. The first kappa shape index (κ1) is 20.8. The average Bonchev–Trinajstić information content (AvgIpc) is 2.69. The van der Waals surface area contributed by atoms with Gasteiger partial charge in [-0.3, -0.25) is 9.59 Å². The number of hydrogen-bond acceptors (Lipinski definition) is 5. The Balaban J connectivity index is 1.67. The zero-order valence-electron chi connectivity index (χ0n) is 15.9. The summed E-state index contributed by atoms with van der Waals surface area (Å²) in [5.41, 5.74) is 3.66. The van der Waals surface area contributed by atoms with Crippen LogP contribution in [0.2, 0.25) is 5.02 Å². The van der Waals surface area contributed by atoms with Gasteiger partial charge in [0.05, 0.1) is 11.2 Å². The van der Waals surface area contributed by atoms with Gasteiger partial charge in [-0.05, 0) is 36.8 Å². The predicted molar refractivity (Wildman–Crippen MR) is 116 cm³/mol. The maximum Gasteiger partial charge on any atom is 0.275 e. The van der Waals surface area contributed by atoms with Crippen molar-refractivity contribution in [3.8, 4) is 0 Å². The molecule has 29 heavy (non-hydrogen) atoms. The number of anilines is 2. The van der Waals surface area contributed by atoms with Gasteiger partial charge in [-0.25, -0.2) is 9.97 Å². The molecular weight excluding hydrogens is 408 g/mol. The summed E-state index contributed by atoms with van der Waals surface area (Å²) in [5.74, 6) is 0.0974. The van der Waals surface area contributed by atoms with Crippen molar-refractivity contribution in [2.45, 2.75) is 24.8 Å². The summed E-state index contributed by atoms with van der Waals surface area (Å²) >= 11 is 7.56. The molecule has 2 aromatic carbocycles. The summed E-state index contributed by atoms with van der Waals surface area (Å²) < 4.78 is 0. The molecule has 6 nitrogen and oxygen atoms in total. The van der Waals surface area contributed by atoms with Crippen molar-refractivity contribution in [2.24, 2.45) is 0 Å². The Kier molecular flexibility index (Phi) is 6.85. The average molecular weight is 427 g/mol. The molecule has 2 amide bonds. The van der Waals surface area contributed by atoms with E-state index in [4.69, 9.17) is 11.6 Å². The molecule has 0 atom stereocenters. The van der Waals surface area contributed by atoms with Crippen LogP contribution in [0, 0.1) is 6.92 Å². The Morgan fingerprint density at radius 1 is 1.00 bits per heavy atom. The molecule has 0 aliphatic carbocycles. The van der Waals surface area contributed by atoms with Crippen LogP contribution >= 0.6 is 23.4 Å². The van der Waals surface area contributed by atoms with E-state index in [1.807, 2.05) is 6.92 Å². The van der Waals surface area contributed by atoms with Gasteiger partial charge in [0.15, 0.2) is 10.9 Å². The number of nitrogens with one attached hydrogen (secondary N) is 2. The van der Waals surface area contributed by atoms with Crippen LogP contribution in [-0.4, -0.2) is 21.8 Å². The van der Waals surface area contributed by atoms with Gasteiger partial charge in [0, 0.05) is 24.1 Å². The third-order valence-corrected chi connectivity index (χ3v) is 5.10. The molecule has 0 aliphatic heterocycles. The molecule has 0 aliphatic rings. The van der Waals surface area contributed by atoms with Crippen molar-refractivity contribution in [1.29, 1.82) is 0 Å². The molecule has 0 radical (unpaired) electrons. The van der Waals surface area contributed by atoms with E-state index >= 15 is 0 Å². The fraction of sp³-hybridized carbons (Fsp3) is 0.143. The second kappa shape index (κ2) is 9.54. The molecule has 0 unspecified atom stereocenters. The molecule has 1 heterocycles. The standard InChI is InChI=1S/C21H19ClN4O2S/c1-13-3-5-15(6-4-13)12-29-21-23-11-18(22)19(26-21)20(28)25-17-9-7-16(8-10-17)24-14(2)27/h3-11H,12H2,1-2H3,(H,24,27)(H,25,28). The van der Waals surface area contributed by atoms with Crippen LogP contribution in [0.5, 0.6) is 0 Å². The number of nitrogens with zero attached hydrogens (tertiary/aromatic N) is 2. The Morgan fingerprint density at radius 3 is 2.24 bits per heavy atom.